The molecule has 1 aliphatic heterocycles. The summed E-state index contributed by atoms with van der Waals surface area (Å²) >= 11 is 0. The van der Waals surface area contributed by atoms with Crippen LogP contribution in [0.25, 0.3) is 0 Å². The van der Waals surface area contributed by atoms with Gasteiger partial charge < -0.3 is 19.7 Å². The van der Waals surface area contributed by atoms with E-state index < -0.39 is 0 Å². The fourth-order valence-corrected chi connectivity index (χ4v) is 2.67. The molecule has 1 saturated heterocycles. The van der Waals surface area contributed by atoms with Crippen LogP contribution in [-0.2, 0) is 16.0 Å². The van der Waals surface area contributed by atoms with E-state index in [1.165, 1.54) is 0 Å². The monoisotopic (exact) mass is 323 g/mol. The molecule has 1 fully saturated rings. The first-order chi connectivity index (χ1) is 11.3. The van der Waals surface area contributed by atoms with Gasteiger partial charge in [0.2, 0.25) is 0 Å². The van der Waals surface area contributed by atoms with Crippen LogP contribution in [0.15, 0.2) is 23.5 Å². The number of guanidine groups is 1. The predicted molar refractivity (Wildman–Crippen MR) is 90.6 cm³/mol. The summed E-state index contributed by atoms with van der Waals surface area (Å²) in [5.74, 6) is 1.57. The molecule has 2 rings (SSSR count). The number of likely N-dealkylation sites (tertiary alicyclic amines) is 1. The van der Waals surface area contributed by atoms with Crippen molar-refractivity contribution in [2.24, 2.45) is 10.9 Å². The Bertz CT molecular complexity index is 449. The molecule has 0 saturated carbocycles. The Morgan fingerprint density at radius 1 is 1.43 bits per heavy atom. The summed E-state index contributed by atoms with van der Waals surface area (Å²) in [7, 11) is 1.70. The molecule has 0 amide bonds. The second kappa shape index (κ2) is 10.2. The normalized spacial score (nSPS) is 18.6. The van der Waals surface area contributed by atoms with Gasteiger partial charge in [0.05, 0.1) is 32.9 Å². The minimum absolute atomic E-state index is 0.571. The molecule has 0 aliphatic carbocycles. The Labute approximate surface area is 138 Å². The Kier molecular flexibility index (Phi) is 7.89. The lowest BCUT2D eigenvalue weighted by molar-refractivity contribution is 0.0536. The Morgan fingerprint density at radius 3 is 3.09 bits per heavy atom. The van der Waals surface area contributed by atoms with Gasteiger partial charge in [-0.3, -0.25) is 9.67 Å². The van der Waals surface area contributed by atoms with Gasteiger partial charge in [0, 0.05) is 45.1 Å². The van der Waals surface area contributed by atoms with Gasteiger partial charge in [-0.05, 0) is 19.4 Å². The highest BCUT2D eigenvalue weighted by Gasteiger charge is 2.24. The standard InChI is InChI=1S/C16H29N5O2/c1-3-17-16(18-7-10-21-8-4-6-19-21)20-9-5-15(13-20)14-23-12-11-22-2/h4,6,8,15H,3,5,7,9-14H2,1-2H3,(H,17,18). The number of methoxy groups -OCH3 is 1. The average molecular weight is 323 g/mol. The van der Waals surface area contributed by atoms with Crippen molar-refractivity contribution in [3.8, 4) is 0 Å². The molecule has 0 spiro atoms. The summed E-state index contributed by atoms with van der Waals surface area (Å²) in [5.41, 5.74) is 0. The zero-order valence-corrected chi connectivity index (χ0v) is 14.3. The lowest BCUT2D eigenvalue weighted by atomic mass is 10.1. The van der Waals surface area contributed by atoms with Crippen LogP contribution in [0.5, 0.6) is 0 Å². The van der Waals surface area contributed by atoms with Gasteiger partial charge in [-0.1, -0.05) is 0 Å². The maximum atomic E-state index is 5.65. The second-order valence-corrected chi connectivity index (χ2v) is 5.67. The largest absolute Gasteiger partial charge is 0.382 e. The van der Waals surface area contributed by atoms with E-state index in [9.17, 15) is 0 Å². The lowest BCUT2D eigenvalue weighted by Crippen LogP contribution is -2.40. The molecule has 0 radical (unpaired) electrons. The second-order valence-electron chi connectivity index (χ2n) is 5.67. The molecule has 1 unspecified atom stereocenters. The molecule has 7 heteroatoms. The van der Waals surface area contributed by atoms with Crippen molar-refractivity contribution in [3.63, 3.8) is 0 Å². The highest BCUT2D eigenvalue weighted by molar-refractivity contribution is 5.80. The van der Waals surface area contributed by atoms with Crippen LogP contribution < -0.4 is 5.32 Å². The van der Waals surface area contributed by atoms with E-state index in [2.05, 4.69) is 22.2 Å². The summed E-state index contributed by atoms with van der Waals surface area (Å²) in [6, 6.07) is 1.93. The Hall–Kier alpha value is -1.60. The van der Waals surface area contributed by atoms with E-state index >= 15 is 0 Å². The summed E-state index contributed by atoms with van der Waals surface area (Å²) in [6.45, 7) is 8.68. The Balaban J connectivity index is 1.76. The summed E-state index contributed by atoms with van der Waals surface area (Å²) in [5, 5.41) is 7.59. The molecule has 0 bridgehead atoms. The molecule has 1 aromatic rings. The molecule has 7 nitrogen and oxygen atoms in total. The molecule has 1 aromatic heterocycles. The molecular weight excluding hydrogens is 294 g/mol. The number of ether oxygens (including phenoxy) is 2. The van der Waals surface area contributed by atoms with Crippen molar-refractivity contribution < 1.29 is 9.47 Å². The first-order valence-electron chi connectivity index (χ1n) is 8.40. The van der Waals surface area contributed by atoms with Crippen molar-refractivity contribution in [3.05, 3.63) is 18.5 Å². The fourth-order valence-electron chi connectivity index (χ4n) is 2.67. The van der Waals surface area contributed by atoms with E-state index in [1.54, 1.807) is 13.3 Å². The van der Waals surface area contributed by atoms with Gasteiger partial charge >= 0.3 is 0 Å². The van der Waals surface area contributed by atoms with Gasteiger partial charge in [-0.15, -0.1) is 0 Å². The average Bonchev–Trinajstić information content (AvgIpc) is 3.22. The third-order valence-corrected chi connectivity index (χ3v) is 3.86. The van der Waals surface area contributed by atoms with Crippen molar-refractivity contribution in [1.82, 2.24) is 20.0 Å². The molecule has 23 heavy (non-hydrogen) atoms. The van der Waals surface area contributed by atoms with E-state index in [1.807, 2.05) is 16.9 Å². The maximum Gasteiger partial charge on any atom is 0.193 e. The number of nitrogens with one attached hydrogen (secondary N) is 1. The number of nitrogens with zero attached hydrogens (tertiary/aromatic N) is 4. The van der Waals surface area contributed by atoms with Crippen LogP contribution in [-0.4, -0.2) is 73.7 Å². The zero-order chi connectivity index (χ0) is 16.3. The van der Waals surface area contributed by atoms with Crippen molar-refractivity contribution in [1.29, 1.82) is 0 Å². The maximum absolute atomic E-state index is 5.65. The third kappa shape index (κ3) is 6.19. The Morgan fingerprint density at radius 2 is 2.35 bits per heavy atom. The molecule has 2 heterocycles. The van der Waals surface area contributed by atoms with Gasteiger partial charge in [-0.2, -0.15) is 5.10 Å². The first kappa shape index (κ1) is 17.7. The van der Waals surface area contributed by atoms with E-state index in [4.69, 9.17) is 14.5 Å². The number of hydrogen-bond donors (Lipinski definition) is 1. The van der Waals surface area contributed by atoms with Gasteiger partial charge in [-0.25, -0.2) is 0 Å². The first-order valence-corrected chi connectivity index (χ1v) is 8.40. The summed E-state index contributed by atoms with van der Waals surface area (Å²) < 4.78 is 12.6. The van der Waals surface area contributed by atoms with Crippen LogP contribution in [0.2, 0.25) is 0 Å². The van der Waals surface area contributed by atoms with Gasteiger partial charge in [0.15, 0.2) is 5.96 Å². The number of aliphatic imine (C=N–C) groups is 1. The quantitative estimate of drug-likeness (QED) is 0.414. The molecule has 1 aliphatic rings. The molecule has 130 valence electrons. The smallest absolute Gasteiger partial charge is 0.193 e. The lowest BCUT2D eigenvalue weighted by Gasteiger charge is -2.21. The van der Waals surface area contributed by atoms with Crippen LogP contribution in [0.1, 0.15) is 13.3 Å². The molecular formula is C16H29N5O2. The summed E-state index contributed by atoms with van der Waals surface area (Å²) in [4.78, 5) is 7.05. The summed E-state index contributed by atoms with van der Waals surface area (Å²) in [6.07, 6.45) is 4.91. The molecule has 1 atom stereocenters. The van der Waals surface area contributed by atoms with Crippen LogP contribution in [0.4, 0.5) is 0 Å². The predicted octanol–water partition coefficient (Wildman–Crippen LogP) is 0.834. The van der Waals surface area contributed by atoms with Crippen molar-refractivity contribution >= 4 is 5.96 Å². The zero-order valence-electron chi connectivity index (χ0n) is 14.3. The van der Waals surface area contributed by atoms with Crippen LogP contribution in [0.3, 0.4) is 0 Å². The topological polar surface area (TPSA) is 63.9 Å². The fraction of sp³-hybridized carbons (Fsp3) is 0.750. The van der Waals surface area contributed by atoms with E-state index in [0.29, 0.717) is 19.1 Å². The van der Waals surface area contributed by atoms with E-state index in [-0.39, 0.29) is 0 Å². The van der Waals surface area contributed by atoms with Gasteiger partial charge in [0.25, 0.3) is 0 Å². The number of rotatable bonds is 9. The highest BCUT2D eigenvalue weighted by atomic mass is 16.5. The third-order valence-electron chi connectivity index (χ3n) is 3.86. The SMILES string of the molecule is CCNC(=NCCn1cccn1)N1CCC(COCCOC)C1. The number of hydrogen-bond acceptors (Lipinski definition) is 4. The minimum Gasteiger partial charge on any atom is -0.382 e. The molecule has 1 N–H and O–H groups in total. The van der Waals surface area contributed by atoms with E-state index in [0.717, 1.165) is 51.7 Å². The minimum atomic E-state index is 0.571. The number of aromatic nitrogens is 2. The van der Waals surface area contributed by atoms with Gasteiger partial charge in [0.1, 0.15) is 0 Å². The van der Waals surface area contributed by atoms with Crippen LogP contribution >= 0.6 is 0 Å². The van der Waals surface area contributed by atoms with Crippen molar-refractivity contribution in [2.45, 2.75) is 19.9 Å². The molecule has 0 aromatic carbocycles. The highest BCUT2D eigenvalue weighted by Crippen LogP contribution is 2.16. The van der Waals surface area contributed by atoms with Crippen LogP contribution in [0, 0.1) is 5.92 Å². The van der Waals surface area contributed by atoms with Crippen molar-refractivity contribution in [2.75, 3.05) is 53.1 Å².